The van der Waals surface area contributed by atoms with Gasteiger partial charge in [0.1, 0.15) is 11.9 Å². The van der Waals surface area contributed by atoms with E-state index in [1.54, 1.807) is 30.5 Å². The van der Waals surface area contributed by atoms with Crippen molar-refractivity contribution >= 4 is 34.9 Å². The molecule has 6 nitrogen and oxygen atoms in total. The Labute approximate surface area is 170 Å². The molecule has 1 atom stereocenters. The molecule has 7 heteroatoms. The van der Waals surface area contributed by atoms with E-state index in [-0.39, 0.29) is 17.7 Å². The van der Waals surface area contributed by atoms with E-state index in [4.69, 9.17) is 11.6 Å². The number of benzene rings is 1. The number of pyridine rings is 1. The van der Waals surface area contributed by atoms with E-state index in [9.17, 15) is 9.59 Å². The molecule has 1 fully saturated rings. The van der Waals surface area contributed by atoms with Crippen LogP contribution in [0, 0.1) is 5.92 Å². The molecule has 0 bridgehead atoms. The van der Waals surface area contributed by atoms with Gasteiger partial charge in [0.05, 0.1) is 22.5 Å². The van der Waals surface area contributed by atoms with Crippen LogP contribution in [0.5, 0.6) is 0 Å². The summed E-state index contributed by atoms with van der Waals surface area (Å²) in [6.45, 7) is 5.79. The highest BCUT2D eigenvalue weighted by Crippen LogP contribution is 2.20. The Morgan fingerprint density at radius 2 is 1.82 bits per heavy atom. The van der Waals surface area contributed by atoms with Crippen LogP contribution in [0.2, 0.25) is 5.02 Å². The van der Waals surface area contributed by atoms with Gasteiger partial charge in [-0.15, -0.1) is 0 Å². The van der Waals surface area contributed by atoms with Gasteiger partial charge in [0, 0.05) is 13.1 Å². The van der Waals surface area contributed by atoms with Crippen LogP contribution in [-0.4, -0.2) is 35.9 Å². The Morgan fingerprint density at radius 1 is 1.11 bits per heavy atom. The fourth-order valence-electron chi connectivity index (χ4n) is 3.21. The molecule has 1 aliphatic rings. The van der Waals surface area contributed by atoms with Gasteiger partial charge in [-0.05, 0) is 43.0 Å². The first-order valence-electron chi connectivity index (χ1n) is 9.53. The van der Waals surface area contributed by atoms with Crippen molar-refractivity contribution in [2.24, 2.45) is 5.92 Å². The molecule has 1 aromatic carbocycles. The molecule has 1 unspecified atom stereocenters. The minimum absolute atomic E-state index is 0.0942. The third kappa shape index (κ3) is 4.81. The summed E-state index contributed by atoms with van der Waals surface area (Å²) in [5.74, 6) is 0.166. The van der Waals surface area contributed by atoms with Crippen molar-refractivity contribution in [1.29, 1.82) is 0 Å². The minimum atomic E-state index is -0.693. The normalized spacial score (nSPS) is 14.8. The number of carbonyl (C=O) groups is 2. The third-order valence-electron chi connectivity index (χ3n) is 4.80. The maximum Gasteiger partial charge on any atom is 0.253 e. The zero-order valence-electron chi connectivity index (χ0n) is 16.1. The molecule has 3 rings (SSSR count). The van der Waals surface area contributed by atoms with Gasteiger partial charge in [0.15, 0.2) is 0 Å². The van der Waals surface area contributed by atoms with Crippen LogP contribution in [0.4, 0.5) is 11.5 Å². The van der Waals surface area contributed by atoms with Crippen molar-refractivity contribution in [3.63, 3.8) is 0 Å². The van der Waals surface area contributed by atoms with Crippen molar-refractivity contribution in [3.05, 3.63) is 53.2 Å². The number of amides is 2. The van der Waals surface area contributed by atoms with E-state index in [1.165, 1.54) is 12.8 Å². The van der Waals surface area contributed by atoms with Crippen molar-refractivity contribution < 1.29 is 9.59 Å². The van der Waals surface area contributed by atoms with Crippen LogP contribution in [-0.2, 0) is 4.79 Å². The van der Waals surface area contributed by atoms with Gasteiger partial charge in [0.2, 0.25) is 5.91 Å². The molecule has 1 aliphatic heterocycles. The molecule has 2 amide bonds. The molecule has 148 valence electrons. The largest absolute Gasteiger partial charge is 0.357 e. The van der Waals surface area contributed by atoms with E-state index in [2.05, 4.69) is 20.5 Å². The van der Waals surface area contributed by atoms with Gasteiger partial charge < -0.3 is 15.5 Å². The van der Waals surface area contributed by atoms with Crippen LogP contribution in [0.3, 0.4) is 0 Å². The molecular weight excluding hydrogens is 376 g/mol. The second kappa shape index (κ2) is 9.06. The van der Waals surface area contributed by atoms with E-state index in [0.29, 0.717) is 16.3 Å². The molecule has 0 aliphatic carbocycles. The van der Waals surface area contributed by atoms with Gasteiger partial charge in [-0.1, -0.05) is 37.6 Å². The summed E-state index contributed by atoms with van der Waals surface area (Å²) < 4.78 is 0. The van der Waals surface area contributed by atoms with Gasteiger partial charge in [-0.2, -0.15) is 0 Å². The molecule has 0 spiro atoms. The zero-order chi connectivity index (χ0) is 20.1. The van der Waals surface area contributed by atoms with Crippen LogP contribution in [0.1, 0.15) is 37.0 Å². The third-order valence-corrected chi connectivity index (χ3v) is 5.13. The molecule has 1 saturated heterocycles. The van der Waals surface area contributed by atoms with Gasteiger partial charge >= 0.3 is 0 Å². The number of anilines is 2. The monoisotopic (exact) mass is 400 g/mol. The minimum Gasteiger partial charge on any atom is -0.357 e. The summed E-state index contributed by atoms with van der Waals surface area (Å²) in [6, 6.07) is 9.83. The number of hydrogen-bond acceptors (Lipinski definition) is 4. The van der Waals surface area contributed by atoms with Crippen molar-refractivity contribution in [2.75, 3.05) is 23.3 Å². The van der Waals surface area contributed by atoms with Crippen LogP contribution < -0.4 is 15.5 Å². The van der Waals surface area contributed by atoms with Gasteiger partial charge in [0.25, 0.3) is 5.91 Å². The number of nitrogens with zero attached hydrogens (tertiary/aromatic N) is 2. The highest BCUT2D eigenvalue weighted by molar-refractivity contribution is 6.33. The lowest BCUT2D eigenvalue weighted by atomic mass is 10.0. The first kappa shape index (κ1) is 20.1. The van der Waals surface area contributed by atoms with E-state index >= 15 is 0 Å². The lowest BCUT2D eigenvalue weighted by molar-refractivity contribution is -0.118. The SMILES string of the molecule is CC(C)C(NC(=O)c1ccccc1Cl)C(=O)Nc1ccc(N2CCCC2)nc1. The van der Waals surface area contributed by atoms with Gasteiger partial charge in [-0.25, -0.2) is 4.98 Å². The van der Waals surface area contributed by atoms with E-state index in [0.717, 1.165) is 18.9 Å². The number of halogens is 1. The summed E-state index contributed by atoms with van der Waals surface area (Å²) in [6.07, 6.45) is 4.02. The highest BCUT2D eigenvalue weighted by Gasteiger charge is 2.25. The van der Waals surface area contributed by atoms with Gasteiger partial charge in [-0.3, -0.25) is 9.59 Å². The van der Waals surface area contributed by atoms with Crippen molar-refractivity contribution in [3.8, 4) is 0 Å². The Hall–Kier alpha value is -2.60. The first-order valence-corrected chi connectivity index (χ1v) is 9.91. The number of nitrogens with one attached hydrogen (secondary N) is 2. The van der Waals surface area contributed by atoms with Crippen molar-refractivity contribution in [2.45, 2.75) is 32.7 Å². The first-order chi connectivity index (χ1) is 13.5. The van der Waals surface area contributed by atoms with E-state index in [1.807, 2.05) is 26.0 Å². The maximum absolute atomic E-state index is 12.7. The number of rotatable bonds is 6. The second-order valence-corrected chi connectivity index (χ2v) is 7.67. The topological polar surface area (TPSA) is 74.3 Å². The fraction of sp³-hybridized carbons (Fsp3) is 0.381. The average Bonchev–Trinajstić information content (AvgIpc) is 3.21. The average molecular weight is 401 g/mol. The summed E-state index contributed by atoms with van der Waals surface area (Å²) in [5.41, 5.74) is 0.949. The highest BCUT2D eigenvalue weighted by atomic mass is 35.5. The number of aromatic nitrogens is 1. The van der Waals surface area contributed by atoms with Crippen LogP contribution in [0.25, 0.3) is 0 Å². The predicted molar refractivity (Wildman–Crippen MR) is 112 cm³/mol. The van der Waals surface area contributed by atoms with Crippen LogP contribution >= 0.6 is 11.6 Å². The molecule has 2 aromatic rings. The number of carbonyl (C=O) groups excluding carboxylic acids is 2. The molecule has 2 heterocycles. The summed E-state index contributed by atoms with van der Waals surface area (Å²) in [5, 5.41) is 5.98. The fourth-order valence-corrected chi connectivity index (χ4v) is 3.43. The van der Waals surface area contributed by atoms with E-state index < -0.39 is 6.04 Å². The standard InChI is InChI=1S/C21H25ClN4O2/c1-14(2)19(25-20(27)16-7-3-4-8-17(16)22)21(28)24-15-9-10-18(23-13-15)26-11-5-6-12-26/h3-4,7-10,13-14,19H,5-6,11-12H2,1-2H3,(H,24,28)(H,25,27). The molecular formula is C21H25ClN4O2. The Kier molecular flexibility index (Phi) is 6.52. The lowest BCUT2D eigenvalue weighted by Crippen LogP contribution is -2.47. The summed E-state index contributed by atoms with van der Waals surface area (Å²) in [4.78, 5) is 32.0. The predicted octanol–water partition coefficient (Wildman–Crippen LogP) is 3.73. The second-order valence-electron chi connectivity index (χ2n) is 7.26. The molecule has 28 heavy (non-hydrogen) atoms. The van der Waals surface area contributed by atoms with Crippen molar-refractivity contribution in [1.82, 2.24) is 10.3 Å². The Bertz CT molecular complexity index is 833. The Morgan fingerprint density at radius 3 is 2.43 bits per heavy atom. The summed E-state index contributed by atoms with van der Waals surface area (Å²) in [7, 11) is 0. The maximum atomic E-state index is 12.7. The smallest absolute Gasteiger partial charge is 0.253 e. The van der Waals surface area contributed by atoms with Crippen LogP contribution in [0.15, 0.2) is 42.6 Å². The molecule has 2 N–H and O–H groups in total. The molecule has 0 radical (unpaired) electrons. The lowest BCUT2D eigenvalue weighted by Gasteiger charge is -2.22. The molecule has 0 saturated carbocycles. The Balaban J connectivity index is 1.66. The quantitative estimate of drug-likeness (QED) is 0.774. The number of hydrogen-bond donors (Lipinski definition) is 2. The summed E-state index contributed by atoms with van der Waals surface area (Å²) >= 11 is 6.09. The zero-order valence-corrected chi connectivity index (χ0v) is 16.9. The molecule has 1 aromatic heterocycles.